The van der Waals surface area contributed by atoms with Gasteiger partial charge in [-0.3, -0.25) is 4.79 Å². The minimum Gasteiger partial charge on any atom is -0.352 e. The van der Waals surface area contributed by atoms with Gasteiger partial charge in [-0.2, -0.15) is 5.26 Å². The Bertz CT molecular complexity index is 940. The standard InChI is InChI=1S/C25H30N4O/c1-2-3-13-23-21-12-8-7-11-20(21)22(18-26)24(27-23)28-14-16-29(17-15-28)25(30)19-9-5-4-6-10-19/h4-6,9-10H,2-3,7-8,11-17H2,1H3. The molecule has 1 aliphatic heterocycles. The second kappa shape index (κ2) is 9.30. The highest BCUT2D eigenvalue weighted by Gasteiger charge is 2.28. The van der Waals surface area contributed by atoms with Crippen molar-refractivity contribution in [1.82, 2.24) is 9.88 Å². The Labute approximate surface area is 179 Å². The van der Waals surface area contributed by atoms with E-state index in [1.165, 1.54) is 23.2 Å². The molecule has 1 amide bonds. The smallest absolute Gasteiger partial charge is 0.253 e. The van der Waals surface area contributed by atoms with Crippen LogP contribution in [0.25, 0.3) is 0 Å². The molecule has 1 saturated heterocycles. The van der Waals surface area contributed by atoms with E-state index in [4.69, 9.17) is 4.98 Å². The molecule has 0 radical (unpaired) electrons. The highest BCUT2D eigenvalue weighted by atomic mass is 16.2. The van der Waals surface area contributed by atoms with Crippen molar-refractivity contribution in [2.45, 2.75) is 51.9 Å². The van der Waals surface area contributed by atoms with Crippen LogP contribution in [0, 0.1) is 11.3 Å². The fourth-order valence-electron chi connectivity index (χ4n) is 4.67. The molecule has 2 aromatic rings. The number of fused-ring (bicyclic) bond motifs is 1. The van der Waals surface area contributed by atoms with Crippen LogP contribution >= 0.6 is 0 Å². The van der Waals surface area contributed by atoms with Crippen LogP contribution in [0.1, 0.15) is 65.3 Å². The SMILES string of the molecule is CCCCc1nc(N2CCN(C(=O)c3ccccc3)CC2)c(C#N)c2c1CCCC2. The summed E-state index contributed by atoms with van der Waals surface area (Å²) in [5, 5.41) is 9.98. The molecule has 2 aliphatic rings. The summed E-state index contributed by atoms with van der Waals surface area (Å²) < 4.78 is 0. The monoisotopic (exact) mass is 402 g/mol. The lowest BCUT2D eigenvalue weighted by Gasteiger charge is -2.37. The van der Waals surface area contributed by atoms with E-state index in [9.17, 15) is 10.1 Å². The second-order valence-electron chi connectivity index (χ2n) is 8.28. The van der Waals surface area contributed by atoms with Crippen LogP contribution < -0.4 is 4.90 Å². The molecule has 1 fully saturated rings. The first-order valence-corrected chi connectivity index (χ1v) is 11.3. The van der Waals surface area contributed by atoms with Crippen LogP contribution in [0.2, 0.25) is 0 Å². The van der Waals surface area contributed by atoms with Crippen LogP contribution in [-0.4, -0.2) is 42.0 Å². The van der Waals surface area contributed by atoms with E-state index < -0.39 is 0 Å². The summed E-state index contributed by atoms with van der Waals surface area (Å²) in [6.07, 6.45) is 7.64. The number of benzene rings is 1. The minimum atomic E-state index is 0.0813. The number of pyridine rings is 1. The first-order chi connectivity index (χ1) is 14.7. The van der Waals surface area contributed by atoms with Crippen LogP contribution in [-0.2, 0) is 19.3 Å². The average molecular weight is 403 g/mol. The van der Waals surface area contributed by atoms with Gasteiger partial charge in [-0.05, 0) is 61.8 Å². The Morgan fingerprint density at radius 1 is 1.07 bits per heavy atom. The van der Waals surface area contributed by atoms with Crippen LogP contribution in [0.5, 0.6) is 0 Å². The summed E-state index contributed by atoms with van der Waals surface area (Å²) in [6.45, 7) is 4.95. The highest BCUT2D eigenvalue weighted by molar-refractivity contribution is 5.94. The van der Waals surface area contributed by atoms with Crippen molar-refractivity contribution in [3.05, 3.63) is 58.3 Å². The van der Waals surface area contributed by atoms with Gasteiger partial charge >= 0.3 is 0 Å². The summed E-state index contributed by atoms with van der Waals surface area (Å²) in [5.41, 5.74) is 5.28. The van der Waals surface area contributed by atoms with E-state index in [0.29, 0.717) is 26.2 Å². The maximum atomic E-state index is 12.8. The molecule has 5 heteroatoms. The third-order valence-corrected chi connectivity index (χ3v) is 6.35. The van der Waals surface area contributed by atoms with E-state index in [1.807, 2.05) is 35.2 Å². The van der Waals surface area contributed by atoms with Crippen molar-refractivity contribution in [2.75, 3.05) is 31.1 Å². The second-order valence-corrected chi connectivity index (χ2v) is 8.28. The van der Waals surface area contributed by atoms with Crippen molar-refractivity contribution in [3.63, 3.8) is 0 Å². The summed E-state index contributed by atoms with van der Waals surface area (Å²) in [6, 6.07) is 11.9. The number of aryl methyl sites for hydroxylation is 1. The number of carbonyl (C=O) groups excluding carboxylic acids is 1. The first-order valence-electron chi connectivity index (χ1n) is 11.3. The van der Waals surface area contributed by atoms with Gasteiger partial charge in [0.15, 0.2) is 0 Å². The molecule has 0 spiro atoms. The number of piperazine rings is 1. The number of nitriles is 1. The summed E-state index contributed by atoms with van der Waals surface area (Å²) in [5.74, 6) is 0.925. The number of hydrogen-bond acceptors (Lipinski definition) is 4. The van der Waals surface area contributed by atoms with Crippen molar-refractivity contribution in [3.8, 4) is 6.07 Å². The third kappa shape index (κ3) is 4.05. The molecular weight excluding hydrogens is 372 g/mol. The molecule has 1 aromatic heterocycles. The van der Waals surface area contributed by atoms with Crippen molar-refractivity contribution < 1.29 is 4.79 Å². The zero-order valence-corrected chi connectivity index (χ0v) is 17.9. The highest BCUT2D eigenvalue weighted by Crippen LogP contribution is 2.33. The molecule has 0 saturated carbocycles. The normalized spacial score (nSPS) is 16.1. The Balaban J connectivity index is 1.57. The van der Waals surface area contributed by atoms with Gasteiger partial charge in [0, 0.05) is 37.4 Å². The molecule has 1 aromatic carbocycles. The lowest BCUT2D eigenvalue weighted by atomic mass is 9.86. The Hall–Kier alpha value is -2.87. The molecule has 1 aliphatic carbocycles. The number of rotatable bonds is 5. The number of carbonyl (C=O) groups is 1. The molecule has 2 heterocycles. The predicted molar refractivity (Wildman–Crippen MR) is 119 cm³/mol. The van der Waals surface area contributed by atoms with Gasteiger partial charge in [0.2, 0.25) is 0 Å². The van der Waals surface area contributed by atoms with Gasteiger partial charge in [-0.1, -0.05) is 31.5 Å². The van der Waals surface area contributed by atoms with Crippen molar-refractivity contribution in [1.29, 1.82) is 5.26 Å². The van der Waals surface area contributed by atoms with Crippen LogP contribution in [0.3, 0.4) is 0 Å². The first kappa shape index (κ1) is 20.4. The maximum absolute atomic E-state index is 12.8. The number of anilines is 1. The molecule has 5 nitrogen and oxygen atoms in total. The molecule has 4 rings (SSSR count). The number of unbranched alkanes of at least 4 members (excludes halogenated alkanes) is 1. The lowest BCUT2D eigenvalue weighted by molar-refractivity contribution is 0.0746. The Morgan fingerprint density at radius 2 is 1.77 bits per heavy atom. The summed E-state index contributed by atoms with van der Waals surface area (Å²) >= 11 is 0. The maximum Gasteiger partial charge on any atom is 0.253 e. The van der Waals surface area contributed by atoms with Gasteiger partial charge in [0.25, 0.3) is 5.91 Å². The lowest BCUT2D eigenvalue weighted by Crippen LogP contribution is -2.49. The van der Waals surface area contributed by atoms with Crippen molar-refractivity contribution >= 4 is 11.7 Å². The van der Waals surface area contributed by atoms with Gasteiger partial charge in [-0.25, -0.2) is 4.98 Å². The molecule has 0 atom stereocenters. The third-order valence-electron chi connectivity index (χ3n) is 6.35. The van der Waals surface area contributed by atoms with E-state index >= 15 is 0 Å². The number of amides is 1. The van der Waals surface area contributed by atoms with Crippen LogP contribution in [0.4, 0.5) is 5.82 Å². The Kier molecular flexibility index (Phi) is 6.32. The van der Waals surface area contributed by atoms with Gasteiger partial charge in [-0.15, -0.1) is 0 Å². The number of aromatic nitrogens is 1. The van der Waals surface area contributed by atoms with E-state index in [2.05, 4.69) is 17.9 Å². The van der Waals surface area contributed by atoms with Crippen LogP contribution in [0.15, 0.2) is 30.3 Å². The van der Waals surface area contributed by atoms with Gasteiger partial charge in [0.1, 0.15) is 11.9 Å². The fourth-order valence-corrected chi connectivity index (χ4v) is 4.67. The summed E-state index contributed by atoms with van der Waals surface area (Å²) in [7, 11) is 0. The quantitative estimate of drug-likeness (QED) is 0.754. The van der Waals surface area contributed by atoms with E-state index in [-0.39, 0.29) is 5.91 Å². The van der Waals surface area contributed by atoms with E-state index in [0.717, 1.165) is 55.5 Å². The molecule has 30 heavy (non-hydrogen) atoms. The Morgan fingerprint density at radius 3 is 2.43 bits per heavy atom. The molecule has 0 unspecified atom stereocenters. The number of hydrogen-bond donors (Lipinski definition) is 0. The average Bonchev–Trinajstić information content (AvgIpc) is 2.82. The fraction of sp³-hybridized carbons (Fsp3) is 0.480. The van der Waals surface area contributed by atoms with Gasteiger partial charge in [0.05, 0.1) is 5.56 Å². The van der Waals surface area contributed by atoms with Gasteiger partial charge < -0.3 is 9.80 Å². The molecule has 0 N–H and O–H groups in total. The zero-order chi connectivity index (χ0) is 20.9. The number of nitrogens with zero attached hydrogens (tertiary/aromatic N) is 4. The minimum absolute atomic E-state index is 0.0813. The zero-order valence-electron chi connectivity index (χ0n) is 17.9. The topological polar surface area (TPSA) is 60.2 Å². The van der Waals surface area contributed by atoms with E-state index in [1.54, 1.807) is 0 Å². The van der Waals surface area contributed by atoms with Crippen molar-refractivity contribution in [2.24, 2.45) is 0 Å². The summed E-state index contributed by atoms with van der Waals surface area (Å²) in [4.78, 5) is 21.9. The largest absolute Gasteiger partial charge is 0.352 e. The molecule has 156 valence electrons. The molecule has 0 bridgehead atoms. The molecular formula is C25H30N4O. The predicted octanol–water partition coefficient (Wildman–Crippen LogP) is 4.14.